The Labute approximate surface area is 176 Å². The minimum absolute atomic E-state index is 0.0388. The van der Waals surface area contributed by atoms with Crippen molar-refractivity contribution in [2.24, 2.45) is 0 Å². The number of carbonyl (C=O) groups is 1. The zero-order valence-corrected chi connectivity index (χ0v) is 16.9. The Morgan fingerprint density at radius 2 is 1.71 bits per heavy atom. The van der Waals surface area contributed by atoms with Gasteiger partial charge < -0.3 is 0 Å². The van der Waals surface area contributed by atoms with Crippen molar-refractivity contribution in [3.8, 4) is 5.69 Å². The third-order valence-electron chi connectivity index (χ3n) is 4.84. The van der Waals surface area contributed by atoms with Gasteiger partial charge in [0.2, 0.25) is 10.0 Å². The summed E-state index contributed by atoms with van der Waals surface area (Å²) in [6.45, 7) is 0. The summed E-state index contributed by atoms with van der Waals surface area (Å²) in [6.07, 6.45) is -2.93. The van der Waals surface area contributed by atoms with Crippen LogP contribution in [0, 0.1) is 0 Å². The van der Waals surface area contributed by atoms with Gasteiger partial charge in [0, 0.05) is 17.2 Å². The van der Waals surface area contributed by atoms with Crippen molar-refractivity contribution in [1.29, 1.82) is 0 Å². The van der Waals surface area contributed by atoms with Crippen LogP contribution in [0.4, 0.5) is 13.2 Å². The van der Waals surface area contributed by atoms with Gasteiger partial charge in [-0.25, -0.2) is 17.8 Å². The number of amides is 1. The van der Waals surface area contributed by atoms with Crippen molar-refractivity contribution in [1.82, 2.24) is 14.5 Å². The maximum absolute atomic E-state index is 13.1. The fourth-order valence-corrected chi connectivity index (χ4v) is 4.29. The van der Waals surface area contributed by atoms with Gasteiger partial charge in [0.15, 0.2) is 5.69 Å². The van der Waals surface area contributed by atoms with Gasteiger partial charge in [0.25, 0.3) is 5.91 Å². The average molecular weight is 449 g/mol. The second kappa shape index (κ2) is 7.84. The molecule has 0 unspecified atom stereocenters. The number of sulfonamides is 1. The predicted octanol–water partition coefficient (Wildman–Crippen LogP) is 4.03. The Morgan fingerprint density at radius 1 is 1.06 bits per heavy atom. The summed E-state index contributed by atoms with van der Waals surface area (Å²) in [4.78, 5) is 12.1. The lowest BCUT2D eigenvalue weighted by Gasteiger charge is -2.09. The Balaban J connectivity index is 1.51. The molecule has 0 radical (unpaired) electrons. The van der Waals surface area contributed by atoms with Crippen molar-refractivity contribution in [3.63, 3.8) is 0 Å². The van der Waals surface area contributed by atoms with E-state index < -0.39 is 33.6 Å². The molecule has 0 saturated heterocycles. The summed E-state index contributed by atoms with van der Waals surface area (Å²) in [5.41, 5.74) is 0.542. The number of nitrogens with zero attached hydrogens (tertiary/aromatic N) is 2. The van der Waals surface area contributed by atoms with E-state index in [1.54, 1.807) is 18.2 Å². The molecule has 1 aliphatic carbocycles. The summed E-state index contributed by atoms with van der Waals surface area (Å²) in [7, 11) is -3.96. The minimum atomic E-state index is -4.54. The topological polar surface area (TPSA) is 81.1 Å². The summed E-state index contributed by atoms with van der Waals surface area (Å²) < 4.78 is 67.2. The molecule has 1 fully saturated rings. The standard InChI is InChI=1S/C21H18F3N3O3S/c22-21(23,24)19-12-18(15-8-9-15)27(25-19)17-10-6-14(7-11-17)13-31(29,30)26-20(28)16-4-2-1-3-5-16/h1-7,10-12,15H,8-9,13H2,(H,26,28). The number of hydrogen-bond donors (Lipinski definition) is 1. The summed E-state index contributed by atoms with van der Waals surface area (Å²) >= 11 is 0. The highest BCUT2D eigenvalue weighted by Gasteiger charge is 2.38. The Kier molecular flexibility index (Phi) is 5.34. The molecule has 0 atom stereocenters. The van der Waals surface area contributed by atoms with Gasteiger partial charge in [-0.1, -0.05) is 30.3 Å². The molecule has 4 rings (SSSR count). The molecule has 0 bridgehead atoms. The van der Waals surface area contributed by atoms with Crippen molar-refractivity contribution < 1.29 is 26.4 Å². The molecule has 1 heterocycles. The normalized spacial score (nSPS) is 14.4. The van der Waals surface area contributed by atoms with Gasteiger partial charge in [-0.15, -0.1) is 0 Å². The van der Waals surface area contributed by atoms with Crippen LogP contribution in [0.5, 0.6) is 0 Å². The summed E-state index contributed by atoms with van der Waals surface area (Å²) in [5.74, 6) is -1.15. The molecule has 162 valence electrons. The van der Waals surface area contributed by atoms with Crippen LogP contribution < -0.4 is 4.72 Å². The van der Waals surface area contributed by atoms with Crippen LogP contribution in [0.2, 0.25) is 0 Å². The van der Waals surface area contributed by atoms with Crippen molar-refractivity contribution in [2.75, 3.05) is 0 Å². The zero-order chi connectivity index (χ0) is 22.2. The van der Waals surface area contributed by atoms with E-state index in [0.29, 0.717) is 16.9 Å². The Hall–Kier alpha value is -3.14. The van der Waals surface area contributed by atoms with E-state index in [1.165, 1.54) is 41.1 Å². The molecular formula is C21H18F3N3O3S. The number of rotatable bonds is 6. The highest BCUT2D eigenvalue weighted by atomic mass is 32.2. The smallest absolute Gasteiger partial charge is 0.268 e. The monoisotopic (exact) mass is 449 g/mol. The highest BCUT2D eigenvalue weighted by molar-refractivity contribution is 7.89. The third-order valence-corrected chi connectivity index (χ3v) is 6.05. The molecule has 6 nitrogen and oxygen atoms in total. The van der Waals surface area contributed by atoms with E-state index in [9.17, 15) is 26.4 Å². The highest BCUT2D eigenvalue weighted by Crippen LogP contribution is 2.42. The SMILES string of the molecule is O=C(NS(=O)(=O)Cc1ccc(-n2nc(C(F)(F)F)cc2C2CC2)cc1)c1ccccc1. The number of benzene rings is 2. The molecule has 3 aromatic rings. The van der Waals surface area contributed by atoms with Crippen LogP contribution in [-0.4, -0.2) is 24.1 Å². The number of carbonyl (C=O) groups excluding carboxylic acids is 1. The lowest BCUT2D eigenvalue weighted by atomic mass is 10.2. The van der Waals surface area contributed by atoms with Gasteiger partial charge >= 0.3 is 6.18 Å². The number of hydrogen-bond acceptors (Lipinski definition) is 4. The first kappa shape index (κ1) is 21.1. The Morgan fingerprint density at radius 3 is 2.29 bits per heavy atom. The quantitative estimate of drug-likeness (QED) is 0.616. The van der Waals surface area contributed by atoms with Gasteiger partial charge in [-0.2, -0.15) is 18.3 Å². The largest absolute Gasteiger partial charge is 0.435 e. The second-order valence-electron chi connectivity index (χ2n) is 7.36. The first-order valence-electron chi connectivity index (χ1n) is 9.49. The van der Waals surface area contributed by atoms with Gasteiger partial charge in [-0.3, -0.25) is 4.79 Å². The maximum Gasteiger partial charge on any atom is 0.435 e. The molecule has 2 aromatic carbocycles. The summed E-state index contributed by atoms with van der Waals surface area (Å²) in [6, 6.07) is 15.0. The fourth-order valence-electron chi connectivity index (χ4n) is 3.19. The van der Waals surface area contributed by atoms with Crippen LogP contribution in [0.25, 0.3) is 5.69 Å². The van der Waals surface area contributed by atoms with Crippen LogP contribution in [0.1, 0.15) is 46.1 Å². The third kappa shape index (κ3) is 4.96. The molecule has 0 aliphatic heterocycles. The van der Waals surface area contributed by atoms with E-state index in [-0.39, 0.29) is 11.5 Å². The molecule has 0 spiro atoms. The first-order chi connectivity index (χ1) is 14.6. The molecular weight excluding hydrogens is 431 g/mol. The van der Waals surface area contributed by atoms with Gasteiger partial charge in [0.05, 0.1) is 11.4 Å². The lowest BCUT2D eigenvalue weighted by molar-refractivity contribution is -0.141. The lowest BCUT2D eigenvalue weighted by Crippen LogP contribution is -2.31. The number of nitrogens with one attached hydrogen (secondary N) is 1. The van der Waals surface area contributed by atoms with Gasteiger partial charge in [-0.05, 0) is 48.7 Å². The van der Waals surface area contributed by atoms with E-state index in [4.69, 9.17) is 0 Å². The molecule has 1 amide bonds. The van der Waals surface area contributed by atoms with E-state index in [2.05, 4.69) is 5.10 Å². The Bertz CT molecular complexity index is 1200. The molecule has 1 N–H and O–H groups in total. The average Bonchev–Trinajstić information content (AvgIpc) is 3.45. The first-order valence-corrected chi connectivity index (χ1v) is 11.1. The predicted molar refractivity (Wildman–Crippen MR) is 107 cm³/mol. The minimum Gasteiger partial charge on any atom is -0.268 e. The van der Waals surface area contributed by atoms with Gasteiger partial charge in [0.1, 0.15) is 0 Å². The van der Waals surface area contributed by atoms with Crippen molar-refractivity contribution in [3.05, 3.63) is 83.2 Å². The number of aromatic nitrogens is 2. The zero-order valence-electron chi connectivity index (χ0n) is 16.1. The van der Waals surface area contributed by atoms with Crippen molar-refractivity contribution in [2.45, 2.75) is 30.7 Å². The molecule has 1 saturated carbocycles. The molecule has 31 heavy (non-hydrogen) atoms. The summed E-state index contributed by atoms with van der Waals surface area (Å²) in [5, 5.41) is 3.71. The number of alkyl halides is 3. The van der Waals surface area contributed by atoms with Crippen molar-refractivity contribution >= 4 is 15.9 Å². The van der Waals surface area contributed by atoms with Crippen LogP contribution in [-0.2, 0) is 22.0 Å². The van der Waals surface area contributed by atoms with Crippen LogP contribution in [0.15, 0.2) is 60.7 Å². The molecule has 1 aliphatic rings. The van der Waals surface area contributed by atoms with Crippen LogP contribution >= 0.6 is 0 Å². The molecule has 1 aromatic heterocycles. The second-order valence-corrected chi connectivity index (χ2v) is 9.08. The maximum atomic E-state index is 13.1. The van der Waals surface area contributed by atoms with E-state index in [1.807, 2.05) is 4.72 Å². The number of halogens is 3. The fraction of sp³-hybridized carbons (Fsp3) is 0.238. The molecule has 10 heteroatoms. The van der Waals surface area contributed by atoms with Crippen LogP contribution in [0.3, 0.4) is 0 Å². The van der Waals surface area contributed by atoms with E-state index >= 15 is 0 Å². The van der Waals surface area contributed by atoms with E-state index in [0.717, 1.165) is 18.9 Å².